The molecular weight excluding hydrogens is 464 g/mol. The molecule has 4 aromatic rings. The van der Waals surface area contributed by atoms with Gasteiger partial charge in [-0.25, -0.2) is 9.48 Å². The predicted molar refractivity (Wildman–Crippen MR) is 137 cm³/mol. The van der Waals surface area contributed by atoms with Crippen LogP contribution < -0.4 is 10.2 Å². The highest BCUT2D eigenvalue weighted by molar-refractivity contribution is 7.20. The number of para-hydroxylation sites is 1. The fourth-order valence-corrected chi connectivity index (χ4v) is 5.05. The van der Waals surface area contributed by atoms with Crippen molar-refractivity contribution in [3.05, 3.63) is 71.2 Å². The van der Waals surface area contributed by atoms with Gasteiger partial charge in [0, 0.05) is 29.9 Å². The van der Waals surface area contributed by atoms with Crippen LogP contribution in [0.15, 0.2) is 60.7 Å². The van der Waals surface area contributed by atoms with Crippen molar-refractivity contribution in [3.8, 4) is 5.69 Å². The first-order valence-electron chi connectivity index (χ1n) is 11.5. The number of esters is 1. The lowest BCUT2D eigenvalue weighted by Crippen LogP contribution is -2.36. The van der Waals surface area contributed by atoms with Gasteiger partial charge in [-0.1, -0.05) is 18.2 Å². The molecule has 1 atom stereocenters. The van der Waals surface area contributed by atoms with E-state index >= 15 is 0 Å². The number of amides is 1. The van der Waals surface area contributed by atoms with E-state index in [1.165, 1.54) is 11.3 Å². The number of carbonyl (C=O) groups is 2. The normalized spacial score (nSPS) is 14.6. The standard InChI is InChI=1S/C26H26N4O4S/c1-17-22-16-23(35-25(22)30(28-17)21-6-4-3-5-7-21)26(32)34-18(2)24(31)27-19-8-10-20(11-9-19)29-12-14-33-15-13-29/h3-11,16,18H,12-15H2,1-2H3,(H,27,31). The molecular formula is C26H26N4O4S. The lowest BCUT2D eigenvalue weighted by atomic mass is 10.2. The van der Waals surface area contributed by atoms with Gasteiger partial charge in [-0.3, -0.25) is 4.79 Å². The fourth-order valence-electron chi connectivity index (χ4n) is 3.99. The van der Waals surface area contributed by atoms with Crippen LogP contribution in [0.2, 0.25) is 0 Å². The number of fused-ring (bicyclic) bond motifs is 1. The molecule has 0 aliphatic carbocycles. The van der Waals surface area contributed by atoms with Crippen molar-refractivity contribution in [3.63, 3.8) is 0 Å². The first-order valence-corrected chi connectivity index (χ1v) is 12.3. The van der Waals surface area contributed by atoms with Crippen LogP contribution in [0.25, 0.3) is 15.9 Å². The SMILES string of the molecule is Cc1nn(-c2ccccc2)c2sc(C(=O)OC(C)C(=O)Nc3ccc(N4CCOCC4)cc3)cc12. The minimum Gasteiger partial charge on any atom is -0.448 e. The smallest absolute Gasteiger partial charge is 0.349 e. The number of hydrogen-bond donors (Lipinski definition) is 1. The number of aryl methyl sites for hydroxylation is 1. The third-order valence-corrected chi connectivity index (χ3v) is 7.00. The summed E-state index contributed by atoms with van der Waals surface area (Å²) < 4.78 is 12.7. The van der Waals surface area contributed by atoms with Crippen LogP contribution in [-0.4, -0.2) is 54.1 Å². The lowest BCUT2D eigenvalue weighted by Gasteiger charge is -2.28. The molecule has 35 heavy (non-hydrogen) atoms. The molecule has 1 aliphatic heterocycles. The number of aromatic nitrogens is 2. The van der Waals surface area contributed by atoms with Gasteiger partial charge in [0.05, 0.1) is 24.6 Å². The van der Waals surface area contributed by atoms with Gasteiger partial charge < -0.3 is 19.7 Å². The van der Waals surface area contributed by atoms with E-state index in [9.17, 15) is 9.59 Å². The third-order valence-electron chi connectivity index (χ3n) is 5.91. The zero-order valence-corrected chi connectivity index (χ0v) is 20.4. The van der Waals surface area contributed by atoms with E-state index in [0.29, 0.717) is 23.8 Å². The van der Waals surface area contributed by atoms with Gasteiger partial charge in [0.25, 0.3) is 5.91 Å². The molecule has 1 saturated heterocycles. The third kappa shape index (κ3) is 4.91. The van der Waals surface area contributed by atoms with Gasteiger partial charge >= 0.3 is 5.97 Å². The van der Waals surface area contributed by atoms with Gasteiger partial charge in [-0.05, 0) is 56.3 Å². The number of nitrogens with one attached hydrogen (secondary N) is 1. The Morgan fingerprint density at radius 1 is 1.06 bits per heavy atom. The Balaban J connectivity index is 1.24. The number of thiophene rings is 1. The largest absolute Gasteiger partial charge is 0.448 e. The van der Waals surface area contributed by atoms with E-state index < -0.39 is 12.1 Å². The zero-order chi connectivity index (χ0) is 24.4. The zero-order valence-electron chi connectivity index (χ0n) is 19.6. The number of morpholine rings is 1. The summed E-state index contributed by atoms with van der Waals surface area (Å²) in [5, 5.41) is 8.31. The van der Waals surface area contributed by atoms with Crippen LogP contribution in [0.3, 0.4) is 0 Å². The molecule has 0 bridgehead atoms. The Morgan fingerprint density at radius 3 is 2.49 bits per heavy atom. The molecule has 1 fully saturated rings. The minimum absolute atomic E-state index is 0.384. The van der Waals surface area contributed by atoms with Crippen molar-refractivity contribution in [2.75, 3.05) is 36.5 Å². The quantitative estimate of drug-likeness (QED) is 0.403. The van der Waals surface area contributed by atoms with Gasteiger partial charge in [0.15, 0.2) is 6.10 Å². The molecule has 0 radical (unpaired) electrons. The molecule has 1 amide bonds. The number of benzene rings is 2. The van der Waals surface area contributed by atoms with Crippen LogP contribution in [0.1, 0.15) is 22.3 Å². The summed E-state index contributed by atoms with van der Waals surface area (Å²) in [6.45, 7) is 6.60. The monoisotopic (exact) mass is 490 g/mol. The first kappa shape index (κ1) is 23.1. The van der Waals surface area contributed by atoms with Crippen LogP contribution in [0.5, 0.6) is 0 Å². The second-order valence-electron chi connectivity index (χ2n) is 8.35. The molecule has 9 heteroatoms. The van der Waals surface area contributed by atoms with Gasteiger partial charge in [-0.2, -0.15) is 5.10 Å². The summed E-state index contributed by atoms with van der Waals surface area (Å²) in [4.78, 5) is 29.0. The van der Waals surface area contributed by atoms with Crippen molar-refractivity contribution in [2.24, 2.45) is 0 Å². The topological polar surface area (TPSA) is 85.7 Å². The van der Waals surface area contributed by atoms with Gasteiger partial charge in [0.2, 0.25) is 0 Å². The second-order valence-corrected chi connectivity index (χ2v) is 9.38. The first-order chi connectivity index (χ1) is 17.0. The highest BCUT2D eigenvalue weighted by atomic mass is 32.1. The Hall–Kier alpha value is -3.69. The van der Waals surface area contributed by atoms with Crippen molar-refractivity contribution in [2.45, 2.75) is 20.0 Å². The number of carbonyl (C=O) groups excluding carboxylic acids is 2. The van der Waals surface area contributed by atoms with Gasteiger partial charge in [0.1, 0.15) is 9.71 Å². The summed E-state index contributed by atoms with van der Waals surface area (Å²) in [5.41, 5.74) is 3.47. The molecule has 180 valence electrons. The summed E-state index contributed by atoms with van der Waals surface area (Å²) in [6, 6.07) is 19.2. The summed E-state index contributed by atoms with van der Waals surface area (Å²) in [6.07, 6.45) is -0.946. The number of rotatable bonds is 6. The summed E-state index contributed by atoms with van der Waals surface area (Å²) in [5.74, 6) is -0.916. The minimum atomic E-state index is -0.946. The Bertz CT molecular complexity index is 1340. The molecule has 1 unspecified atom stereocenters. The van der Waals surface area contributed by atoms with Crippen LogP contribution >= 0.6 is 11.3 Å². The average Bonchev–Trinajstić information content (AvgIpc) is 3.46. The number of nitrogens with zero attached hydrogens (tertiary/aromatic N) is 3. The Labute approximate surface area is 207 Å². The average molecular weight is 491 g/mol. The van der Waals surface area contributed by atoms with E-state index in [-0.39, 0.29) is 5.91 Å². The van der Waals surface area contributed by atoms with E-state index in [1.807, 2.05) is 66.2 Å². The molecule has 3 heterocycles. The highest BCUT2D eigenvalue weighted by Gasteiger charge is 2.23. The van der Waals surface area contributed by atoms with Crippen molar-refractivity contribution < 1.29 is 19.1 Å². The van der Waals surface area contributed by atoms with Gasteiger partial charge in [-0.15, -0.1) is 11.3 Å². The Kier molecular flexibility index (Phi) is 6.52. The highest BCUT2D eigenvalue weighted by Crippen LogP contribution is 2.31. The fraction of sp³-hybridized carbons (Fsp3) is 0.269. The number of ether oxygens (including phenoxy) is 2. The molecule has 0 saturated carbocycles. The van der Waals surface area contributed by atoms with Crippen LogP contribution in [0, 0.1) is 6.92 Å². The van der Waals surface area contributed by atoms with E-state index in [2.05, 4.69) is 15.3 Å². The maximum Gasteiger partial charge on any atom is 0.349 e. The van der Waals surface area contributed by atoms with Crippen molar-refractivity contribution in [1.82, 2.24) is 9.78 Å². The van der Waals surface area contributed by atoms with E-state index in [0.717, 1.165) is 40.4 Å². The van der Waals surface area contributed by atoms with Crippen molar-refractivity contribution >= 4 is 44.8 Å². The number of hydrogen-bond acceptors (Lipinski definition) is 7. The molecule has 1 N–H and O–H groups in total. The number of anilines is 2. The van der Waals surface area contributed by atoms with E-state index in [4.69, 9.17) is 9.47 Å². The summed E-state index contributed by atoms with van der Waals surface area (Å²) >= 11 is 1.30. The molecule has 8 nitrogen and oxygen atoms in total. The maximum atomic E-state index is 12.8. The van der Waals surface area contributed by atoms with Crippen LogP contribution in [0.4, 0.5) is 11.4 Å². The second kappa shape index (κ2) is 9.89. The van der Waals surface area contributed by atoms with Crippen LogP contribution in [-0.2, 0) is 14.3 Å². The van der Waals surface area contributed by atoms with E-state index in [1.54, 1.807) is 13.0 Å². The summed E-state index contributed by atoms with van der Waals surface area (Å²) in [7, 11) is 0. The lowest BCUT2D eigenvalue weighted by molar-refractivity contribution is -0.123. The maximum absolute atomic E-state index is 12.8. The molecule has 5 rings (SSSR count). The Morgan fingerprint density at radius 2 is 1.77 bits per heavy atom. The molecule has 0 spiro atoms. The molecule has 1 aliphatic rings. The molecule has 2 aromatic carbocycles. The van der Waals surface area contributed by atoms with Crippen molar-refractivity contribution in [1.29, 1.82) is 0 Å². The molecule has 2 aromatic heterocycles. The predicted octanol–water partition coefficient (Wildman–Crippen LogP) is 4.42.